The molecule has 0 aliphatic carbocycles. The average Bonchev–Trinajstić information content (AvgIpc) is 3.06. The van der Waals surface area contributed by atoms with E-state index in [2.05, 4.69) is 4.57 Å². The lowest BCUT2D eigenvalue weighted by atomic mass is 10.1. The molecule has 4 aromatic carbocycles. The lowest BCUT2D eigenvalue weighted by Gasteiger charge is -2.11. The van der Waals surface area contributed by atoms with Gasteiger partial charge >= 0.3 is 7.60 Å². The lowest BCUT2D eigenvalue weighted by molar-refractivity contribution is 0.387. The van der Waals surface area contributed by atoms with Gasteiger partial charge in [0.2, 0.25) is 0 Å². The number of halogens is 2. The summed E-state index contributed by atoms with van der Waals surface area (Å²) in [4.78, 5) is 19.1. The Kier molecular flexibility index (Phi) is 4.93. The molecule has 0 amide bonds. The molecule has 1 aromatic heterocycles. The van der Waals surface area contributed by atoms with Gasteiger partial charge in [0, 0.05) is 26.5 Å². The lowest BCUT2D eigenvalue weighted by Crippen LogP contribution is -2.03. The van der Waals surface area contributed by atoms with Crippen LogP contribution in [-0.4, -0.2) is 14.4 Å². The molecule has 5 aromatic rings. The van der Waals surface area contributed by atoms with E-state index in [1.165, 1.54) is 12.1 Å². The van der Waals surface area contributed by atoms with E-state index in [1.54, 1.807) is 6.07 Å². The van der Waals surface area contributed by atoms with Gasteiger partial charge in [-0.3, -0.25) is 4.57 Å². The molecule has 0 radical (unpaired) electrons. The third-order valence-electron chi connectivity index (χ3n) is 5.31. The molecular weight excluding hydrogens is 452 g/mol. The van der Waals surface area contributed by atoms with Crippen molar-refractivity contribution < 1.29 is 14.4 Å². The van der Waals surface area contributed by atoms with Crippen molar-refractivity contribution in [3.63, 3.8) is 0 Å². The summed E-state index contributed by atoms with van der Waals surface area (Å²) in [5.74, 6) is 0. The van der Waals surface area contributed by atoms with E-state index in [-0.39, 0.29) is 5.30 Å². The van der Waals surface area contributed by atoms with Gasteiger partial charge in [0.05, 0.1) is 16.3 Å². The summed E-state index contributed by atoms with van der Waals surface area (Å²) < 4.78 is 13.8. The number of nitrogens with zero attached hydrogens (tertiary/aromatic N) is 1. The predicted octanol–water partition coefficient (Wildman–Crippen LogP) is 6.56. The molecule has 0 saturated carbocycles. The number of hydrogen-bond donors (Lipinski definition) is 2. The monoisotopic (exact) mass is 467 g/mol. The molecule has 2 N–H and O–H groups in total. The fraction of sp³-hybridized carbons (Fsp3) is 0. The van der Waals surface area contributed by atoms with Crippen LogP contribution >= 0.6 is 30.8 Å². The molecule has 0 bridgehead atoms. The third kappa shape index (κ3) is 3.67. The minimum absolute atomic E-state index is 0.00319. The summed E-state index contributed by atoms with van der Waals surface area (Å²) in [5.41, 5.74) is 4.48. The molecule has 31 heavy (non-hydrogen) atoms. The van der Waals surface area contributed by atoms with Gasteiger partial charge in [0.1, 0.15) is 0 Å². The van der Waals surface area contributed by atoms with E-state index in [0.717, 1.165) is 38.6 Å². The van der Waals surface area contributed by atoms with Gasteiger partial charge in [0.15, 0.2) is 0 Å². The smallest absolute Gasteiger partial charge is 0.321 e. The molecule has 7 heteroatoms. The molecule has 0 aliphatic heterocycles. The Balaban J connectivity index is 1.75. The summed E-state index contributed by atoms with van der Waals surface area (Å²) in [7, 11) is -4.33. The molecule has 0 aliphatic rings. The average molecular weight is 468 g/mol. The molecular formula is C24H16Cl2NO3P. The fourth-order valence-corrected chi connectivity index (χ4v) is 4.87. The Morgan fingerprint density at radius 3 is 1.81 bits per heavy atom. The largest absolute Gasteiger partial charge is 0.356 e. The Bertz CT molecular complexity index is 1460. The summed E-state index contributed by atoms with van der Waals surface area (Å²) >= 11 is 12.5. The first-order valence-electron chi connectivity index (χ1n) is 9.47. The molecule has 0 unspecified atom stereocenters. The molecule has 5 rings (SSSR count). The Labute approximate surface area is 188 Å². The second-order valence-electron chi connectivity index (χ2n) is 7.30. The van der Waals surface area contributed by atoms with Crippen molar-refractivity contribution in [2.45, 2.75) is 0 Å². The second-order valence-corrected chi connectivity index (χ2v) is 9.78. The Hall–Kier alpha value is -2.59. The molecule has 154 valence electrons. The van der Waals surface area contributed by atoms with Gasteiger partial charge < -0.3 is 14.4 Å². The van der Waals surface area contributed by atoms with Crippen LogP contribution in [0.5, 0.6) is 0 Å². The van der Waals surface area contributed by atoms with Crippen molar-refractivity contribution in [1.29, 1.82) is 0 Å². The van der Waals surface area contributed by atoms with Crippen molar-refractivity contribution in [1.82, 2.24) is 4.57 Å². The SMILES string of the molecule is O=P(O)(O)c1cccc(-c2cccc(-n3c4ccc(Cl)cc4c4cc(Cl)ccc43)c2)c1. The predicted molar refractivity (Wildman–Crippen MR) is 128 cm³/mol. The number of aromatic nitrogens is 1. The molecule has 1 heterocycles. The standard InChI is InChI=1S/C24H16Cl2NO3P/c25-17-7-9-23-21(13-17)22-14-18(26)8-10-24(22)27(23)19-5-1-3-15(11-19)16-4-2-6-20(12-16)31(28,29)30/h1-14H,(H2,28,29,30). The van der Waals surface area contributed by atoms with E-state index >= 15 is 0 Å². The Morgan fingerprint density at radius 1 is 0.677 bits per heavy atom. The van der Waals surface area contributed by atoms with Crippen molar-refractivity contribution in [3.8, 4) is 16.8 Å². The van der Waals surface area contributed by atoms with Crippen LogP contribution in [0.15, 0.2) is 84.9 Å². The van der Waals surface area contributed by atoms with Gasteiger partial charge in [-0.15, -0.1) is 0 Å². The zero-order chi connectivity index (χ0) is 21.8. The maximum absolute atomic E-state index is 11.7. The minimum atomic E-state index is -4.33. The van der Waals surface area contributed by atoms with Crippen molar-refractivity contribution >= 4 is 57.9 Å². The van der Waals surface area contributed by atoms with Gasteiger partial charge in [-0.25, -0.2) is 0 Å². The van der Waals surface area contributed by atoms with Crippen LogP contribution in [0.4, 0.5) is 0 Å². The first-order valence-corrected chi connectivity index (χ1v) is 11.8. The van der Waals surface area contributed by atoms with E-state index in [4.69, 9.17) is 23.2 Å². The highest BCUT2D eigenvalue weighted by Crippen LogP contribution is 2.37. The Morgan fingerprint density at radius 2 is 1.23 bits per heavy atom. The van der Waals surface area contributed by atoms with Crippen LogP contribution < -0.4 is 5.30 Å². The summed E-state index contributed by atoms with van der Waals surface area (Å²) in [5, 5.41) is 3.29. The maximum Gasteiger partial charge on any atom is 0.356 e. The number of rotatable bonds is 3. The summed E-state index contributed by atoms with van der Waals surface area (Å²) in [6.07, 6.45) is 0. The fourth-order valence-electron chi connectivity index (χ4n) is 3.94. The first kappa shape index (κ1) is 20.3. The van der Waals surface area contributed by atoms with E-state index in [1.807, 2.05) is 66.7 Å². The molecule has 0 spiro atoms. The van der Waals surface area contributed by atoms with Gasteiger partial charge in [-0.05, 0) is 71.8 Å². The number of fused-ring (bicyclic) bond motifs is 3. The van der Waals surface area contributed by atoms with Crippen molar-refractivity contribution in [2.24, 2.45) is 0 Å². The first-order chi connectivity index (χ1) is 14.8. The second kappa shape index (κ2) is 7.52. The van der Waals surface area contributed by atoms with Crippen LogP contribution in [0.25, 0.3) is 38.6 Å². The molecule has 0 fully saturated rings. The van der Waals surface area contributed by atoms with Crippen LogP contribution in [0.2, 0.25) is 10.0 Å². The highest BCUT2D eigenvalue weighted by molar-refractivity contribution is 7.60. The van der Waals surface area contributed by atoms with Gasteiger partial charge in [-0.1, -0.05) is 47.5 Å². The number of benzene rings is 4. The van der Waals surface area contributed by atoms with E-state index in [9.17, 15) is 14.4 Å². The molecule has 0 saturated heterocycles. The van der Waals surface area contributed by atoms with Crippen LogP contribution in [0.1, 0.15) is 0 Å². The molecule has 0 atom stereocenters. The van der Waals surface area contributed by atoms with Crippen LogP contribution in [0.3, 0.4) is 0 Å². The maximum atomic E-state index is 11.7. The van der Waals surface area contributed by atoms with Gasteiger partial charge in [0.25, 0.3) is 0 Å². The van der Waals surface area contributed by atoms with E-state index in [0.29, 0.717) is 10.0 Å². The van der Waals surface area contributed by atoms with Crippen molar-refractivity contribution in [2.75, 3.05) is 0 Å². The highest BCUT2D eigenvalue weighted by Gasteiger charge is 2.18. The highest BCUT2D eigenvalue weighted by atomic mass is 35.5. The molecule has 4 nitrogen and oxygen atoms in total. The van der Waals surface area contributed by atoms with Crippen LogP contribution in [0, 0.1) is 0 Å². The topological polar surface area (TPSA) is 62.5 Å². The summed E-state index contributed by atoms with van der Waals surface area (Å²) in [6.45, 7) is 0. The van der Waals surface area contributed by atoms with Gasteiger partial charge in [-0.2, -0.15) is 0 Å². The third-order valence-corrected chi connectivity index (χ3v) is 6.73. The zero-order valence-electron chi connectivity index (χ0n) is 16.0. The van der Waals surface area contributed by atoms with Crippen LogP contribution in [-0.2, 0) is 4.57 Å². The summed E-state index contributed by atoms with van der Waals surface area (Å²) in [6, 6.07) is 25.8. The quantitative estimate of drug-likeness (QED) is 0.295. The van der Waals surface area contributed by atoms with E-state index < -0.39 is 7.60 Å². The zero-order valence-corrected chi connectivity index (χ0v) is 18.4. The minimum Gasteiger partial charge on any atom is -0.321 e. The normalized spacial score (nSPS) is 12.0. The number of hydrogen-bond acceptors (Lipinski definition) is 1. The van der Waals surface area contributed by atoms with Crippen molar-refractivity contribution in [3.05, 3.63) is 95.0 Å².